The van der Waals surface area contributed by atoms with Gasteiger partial charge in [-0.1, -0.05) is 0 Å². The minimum absolute atomic E-state index is 0.0926. The van der Waals surface area contributed by atoms with E-state index < -0.39 is 10.0 Å². The van der Waals surface area contributed by atoms with E-state index in [1.54, 1.807) is 14.0 Å². The third-order valence-electron chi connectivity index (χ3n) is 4.63. The maximum absolute atomic E-state index is 13.0. The summed E-state index contributed by atoms with van der Waals surface area (Å²) in [5, 5.41) is 0.151. The maximum atomic E-state index is 13.0. The number of carbonyl (C=O) groups is 1. The molecule has 0 N–H and O–H groups in total. The zero-order valence-corrected chi connectivity index (χ0v) is 16.3. The van der Waals surface area contributed by atoms with Gasteiger partial charge in [0.15, 0.2) is 0 Å². The van der Waals surface area contributed by atoms with Gasteiger partial charge in [-0.05, 0) is 6.92 Å². The van der Waals surface area contributed by atoms with Gasteiger partial charge < -0.3 is 18.6 Å². The molecule has 0 aliphatic carbocycles. The Kier molecular flexibility index (Phi) is 5.36. The molecule has 0 atom stereocenters. The largest absolute Gasteiger partial charge is 0.442 e. The number of aryl methyl sites for hydroxylation is 2. The number of rotatable bonds is 5. The molecular weight excluding hydrogens is 376 g/mol. The molecule has 148 valence electrons. The van der Waals surface area contributed by atoms with Crippen molar-refractivity contribution in [2.24, 2.45) is 7.05 Å². The van der Waals surface area contributed by atoms with E-state index in [1.165, 1.54) is 27.2 Å². The van der Waals surface area contributed by atoms with Crippen LogP contribution in [-0.4, -0.2) is 78.7 Å². The van der Waals surface area contributed by atoms with Gasteiger partial charge in [-0.15, -0.1) is 0 Å². The summed E-state index contributed by atoms with van der Waals surface area (Å²) in [6.07, 6.45) is 1.34. The number of amides is 1. The summed E-state index contributed by atoms with van der Waals surface area (Å²) in [5.41, 5.74) is -0.0462. The average molecular weight is 398 g/mol. The molecule has 0 saturated carbocycles. The van der Waals surface area contributed by atoms with Crippen LogP contribution in [0.15, 0.2) is 15.5 Å². The third kappa shape index (κ3) is 3.62. The Morgan fingerprint density at radius 3 is 2.59 bits per heavy atom. The SMILES string of the molecule is COCCS(=O)(=O)N1CCN(C(=O)c2c(C)oc3ncn(C)c(=O)c23)CC1. The molecule has 10 nitrogen and oxygen atoms in total. The van der Waals surface area contributed by atoms with Crippen molar-refractivity contribution in [3.63, 3.8) is 0 Å². The number of nitrogens with zero attached hydrogens (tertiary/aromatic N) is 4. The second-order valence-electron chi connectivity index (χ2n) is 6.37. The van der Waals surface area contributed by atoms with Gasteiger partial charge in [-0.2, -0.15) is 4.31 Å². The van der Waals surface area contributed by atoms with Crippen molar-refractivity contribution in [2.75, 3.05) is 45.6 Å². The van der Waals surface area contributed by atoms with Crippen LogP contribution in [0.1, 0.15) is 16.1 Å². The Labute approximate surface area is 156 Å². The number of furan rings is 1. The molecular formula is C16H22N4O6S. The molecule has 3 rings (SSSR count). The van der Waals surface area contributed by atoms with E-state index in [0.717, 1.165) is 0 Å². The normalized spacial score (nSPS) is 16.2. The molecule has 1 amide bonds. The second-order valence-corrected chi connectivity index (χ2v) is 8.46. The molecule has 27 heavy (non-hydrogen) atoms. The number of methoxy groups -OCH3 is 1. The summed E-state index contributed by atoms with van der Waals surface area (Å²) in [6, 6.07) is 0. The summed E-state index contributed by atoms with van der Waals surface area (Å²) in [4.78, 5) is 31.0. The summed E-state index contributed by atoms with van der Waals surface area (Å²) in [5.74, 6) is -0.129. The summed E-state index contributed by atoms with van der Waals surface area (Å²) >= 11 is 0. The molecule has 1 aliphatic heterocycles. The van der Waals surface area contributed by atoms with Crippen molar-refractivity contribution in [1.82, 2.24) is 18.8 Å². The highest BCUT2D eigenvalue weighted by Crippen LogP contribution is 2.23. The number of aromatic nitrogens is 2. The van der Waals surface area contributed by atoms with E-state index in [0.29, 0.717) is 5.76 Å². The minimum atomic E-state index is -3.42. The number of carbonyl (C=O) groups excluding carboxylic acids is 1. The van der Waals surface area contributed by atoms with E-state index in [4.69, 9.17) is 9.15 Å². The Hall–Kier alpha value is -2.24. The molecule has 2 aromatic heterocycles. The van der Waals surface area contributed by atoms with Gasteiger partial charge in [0.05, 0.1) is 17.9 Å². The molecule has 0 radical (unpaired) electrons. The van der Waals surface area contributed by atoms with Crippen molar-refractivity contribution < 1.29 is 22.4 Å². The molecule has 2 aromatic rings. The minimum Gasteiger partial charge on any atom is -0.442 e. The van der Waals surface area contributed by atoms with Gasteiger partial charge in [-0.25, -0.2) is 13.4 Å². The van der Waals surface area contributed by atoms with E-state index in [9.17, 15) is 18.0 Å². The van der Waals surface area contributed by atoms with Crippen LogP contribution < -0.4 is 5.56 Å². The van der Waals surface area contributed by atoms with Crippen molar-refractivity contribution >= 4 is 27.0 Å². The van der Waals surface area contributed by atoms with E-state index in [2.05, 4.69) is 4.98 Å². The van der Waals surface area contributed by atoms with Crippen LogP contribution in [0.5, 0.6) is 0 Å². The highest BCUT2D eigenvalue weighted by atomic mass is 32.2. The van der Waals surface area contributed by atoms with Gasteiger partial charge in [0.25, 0.3) is 11.5 Å². The monoisotopic (exact) mass is 398 g/mol. The van der Waals surface area contributed by atoms with Crippen LogP contribution in [-0.2, 0) is 21.8 Å². The first-order chi connectivity index (χ1) is 12.8. The van der Waals surface area contributed by atoms with Crippen molar-refractivity contribution in [3.05, 3.63) is 28.0 Å². The highest BCUT2D eigenvalue weighted by molar-refractivity contribution is 7.89. The fourth-order valence-corrected chi connectivity index (χ4v) is 4.45. The molecule has 3 heterocycles. The van der Waals surface area contributed by atoms with Crippen molar-refractivity contribution in [1.29, 1.82) is 0 Å². The Morgan fingerprint density at radius 1 is 1.30 bits per heavy atom. The number of fused-ring (bicyclic) bond motifs is 1. The van der Waals surface area contributed by atoms with Crippen LogP contribution in [0.3, 0.4) is 0 Å². The fourth-order valence-electron chi connectivity index (χ4n) is 3.09. The maximum Gasteiger partial charge on any atom is 0.265 e. The predicted octanol–water partition coefficient (Wildman–Crippen LogP) is -0.431. The standard InChI is InChI=1S/C16H22N4O6S/c1-11-12(13-14(26-11)17-10-18(2)15(13)21)16(22)19-4-6-20(7-5-19)27(23,24)9-8-25-3/h10H,4-9H2,1-3H3. The van der Waals surface area contributed by atoms with Gasteiger partial charge in [0.2, 0.25) is 15.7 Å². The Bertz CT molecular complexity index is 1020. The zero-order chi connectivity index (χ0) is 19.8. The van der Waals surface area contributed by atoms with Gasteiger partial charge in [0, 0.05) is 40.3 Å². The molecule has 0 aromatic carbocycles. The number of piperazine rings is 1. The molecule has 0 bridgehead atoms. The number of hydrogen-bond donors (Lipinski definition) is 0. The molecule has 0 unspecified atom stereocenters. The lowest BCUT2D eigenvalue weighted by molar-refractivity contribution is 0.0697. The van der Waals surface area contributed by atoms with Gasteiger partial charge in [0.1, 0.15) is 17.5 Å². The summed E-state index contributed by atoms with van der Waals surface area (Å²) < 4.78 is 37.4. The lowest BCUT2D eigenvalue weighted by atomic mass is 10.1. The zero-order valence-electron chi connectivity index (χ0n) is 15.5. The van der Waals surface area contributed by atoms with Gasteiger partial charge >= 0.3 is 0 Å². The lowest BCUT2D eigenvalue weighted by Gasteiger charge is -2.34. The molecule has 1 saturated heterocycles. The third-order valence-corrected chi connectivity index (χ3v) is 6.46. The quantitative estimate of drug-likeness (QED) is 0.671. The van der Waals surface area contributed by atoms with Gasteiger partial charge in [-0.3, -0.25) is 9.59 Å². The highest BCUT2D eigenvalue weighted by Gasteiger charge is 2.32. The van der Waals surface area contributed by atoms with Crippen LogP contribution in [0.2, 0.25) is 0 Å². The first-order valence-electron chi connectivity index (χ1n) is 8.47. The first kappa shape index (κ1) is 19.5. The topological polar surface area (TPSA) is 115 Å². The molecule has 0 spiro atoms. The smallest absolute Gasteiger partial charge is 0.265 e. The molecule has 1 fully saturated rings. The number of hydrogen-bond acceptors (Lipinski definition) is 7. The first-order valence-corrected chi connectivity index (χ1v) is 10.1. The number of sulfonamides is 1. The van der Waals surface area contributed by atoms with E-state index >= 15 is 0 Å². The van der Waals surface area contributed by atoms with Crippen LogP contribution in [0.4, 0.5) is 0 Å². The molecule has 1 aliphatic rings. The number of ether oxygens (including phenoxy) is 1. The summed E-state index contributed by atoms with van der Waals surface area (Å²) in [7, 11) is -0.417. The Morgan fingerprint density at radius 2 is 1.96 bits per heavy atom. The van der Waals surface area contributed by atoms with Crippen molar-refractivity contribution in [2.45, 2.75) is 6.92 Å². The second kappa shape index (κ2) is 7.41. The summed E-state index contributed by atoms with van der Waals surface area (Å²) in [6.45, 7) is 2.60. The fraction of sp³-hybridized carbons (Fsp3) is 0.562. The van der Waals surface area contributed by atoms with Crippen LogP contribution in [0, 0.1) is 6.92 Å². The lowest BCUT2D eigenvalue weighted by Crippen LogP contribution is -2.51. The van der Waals surface area contributed by atoms with E-state index in [1.807, 2.05) is 0 Å². The van der Waals surface area contributed by atoms with Crippen LogP contribution in [0.25, 0.3) is 11.1 Å². The van der Waals surface area contributed by atoms with E-state index in [-0.39, 0.29) is 66.7 Å². The average Bonchev–Trinajstić information content (AvgIpc) is 2.99. The molecule has 11 heteroatoms. The Balaban J connectivity index is 1.81. The predicted molar refractivity (Wildman–Crippen MR) is 97.1 cm³/mol. The van der Waals surface area contributed by atoms with Crippen molar-refractivity contribution in [3.8, 4) is 0 Å². The van der Waals surface area contributed by atoms with Crippen LogP contribution >= 0.6 is 0 Å².